The molecule has 1 aliphatic rings. The van der Waals surface area contributed by atoms with Gasteiger partial charge in [-0.25, -0.2) is 0 Å². The molecule has 5 nitrogen and oxygen atoms in total. The monoisotopic (exact) mass is 242 g/mol. The minimum Gasteiger partial charge on any atom is -0.409 e. The minimum atomic E-state index is 0.335. The highest BCUT2D eigenvalue weighted by atomic mass is 16.4. The Balaban J connectivity index is 2.65. The Morgan fingerprint density at radius 2 is 2.24 bits per heavy atom. The van der Waals surface area contributed by atoms with Gasteiger partial charge in [0.1, 0.15) is 5.84 Å². The van der Waals surface area contributed by atoms with Crippen molar-refractivity contribution in [2.75, 3.05) is 26.7 Å². The summed E-state index contributed by atoms with van der Waals surface area (Å²) in [7, 11) is 2.17. The Morgan fingerprint density at radius 1 is 1.53 bits per heavy atom. The molecule has 17 heavy (non-hydrogen) atoms. The summed E-state index contributed by atoms with van der Waals surface area (Å²) in [4.78, 5) is 4.88. The van der Waals surface area contributed by atoms with Crippen LogP contribution in [0.4, 0.5) is 0 Å². The van der Waals surface area contributed by atoms with Gasteiger partial charge in [-0.2, -0.15) is 0 Å². The zero-order valence-electron chi connectivity index (χ0n) is 11.3. The van der Waals surface area contributed by atoms with Crippen molar-refractivity contribution in [2.45, 2.75) is 45.2 Å². The van der Waals surface area contributed by atoms with E-state index in [2.05, 4.69) is 35.9 Å². The molecule has 0 amide bonds. The fraction of sp³-hybridized carbons (Fsp3) is 0.917. The lowest BCUT2D eigenvalue weighted by molar-refractivity contribution is 0.141. The van der Waals surface area contributed by atoms with Gasteiger partial charge in [-0.3, -0.25) is 4.90 Å². The molecule has 1 fully saturated rings. The van der Waals surface area contributed by atoms with Gasteiger partial charge in [0.05, 0.1) is 0 Å². The van der Waals surface area contributed by atoms with Gasteiger partial charge in [0.2, 0.25) is 0 Å². The first-order chi connectivity index (χ1) is 8.08. The first kappa shape index (κ1) is 14.3. The average molecular weight is 242 g/mol. The third-order valence-electron chi connectivity index (χ3n) is 3.61. The Labute approximate surface area is 104 Å². The van der Waals surface area contributed by atoms with E-state index in [1.54, 1.807) is 0 Å². The van der Waals surface area contributed by atoms with Gasteiger partial charge in [0.15, 0.2) is 0 Å². The van der Waals surface area contributed by atoms with E-state index in [1.165, 1.54) is 6.42 Å². The van der Waals surface area contributed by atoms with E-state index in [-0.39, 0.29) is 0 Å². The van der Waals surface area contributed by atoms with E-state index in [1.807, 2.05) is 0 Å². The number of nitrogens with zero attached hydrogens (tertiary/aromatic N) is 3. The van der Waals surface area contributed by atoms with Crippen LogP contribution in [0.15, 0.2) is 5.16 Å². The third-order valence-corrected chi connectivity index (χ3v) is 3.61. The van der Waals surface area contributed by atoms with E-state index >= 15 is 0 Å². The number of oxime groups is 1. The van der Waals surface area contributed by atoms with Crippen LogP contribution in [0, 0.1) is 0 Å². The number of amidine groups is 1. The Bertz CT molecular complexity index is 257. The summed E-state index contributed by atoms with van der Waals surface area (Å²) in [6, 6.07) is 0.909. The molecule has 0 saturated carbocycles. The van der Waals surface area contributed by atoms with Gasteiger partial charge in [0, 0.05) is 25.0 Å². The average Bonchev–Trinajstić information content (AvgIpc) is 2.47. The molecule has 1 heterocycles. The summed E-state index contributed by atoms with van der Waals surface area (Å²) in [5, 5.41) is 11.8. The largest absolute Gasteiger partial charge is 0.409 e. The molecule has 100 valence electrons. The van der Waals surface area contributed by atoms with Crippen LogP contribution in [-0.4, -0.2) is 59.6 Å². The van der Waals surface area contributed by atoms with E-state index in [4.69, 9.17) is 10.9 Å². The lowest BCUT2D eigenvalue weighted by atomic mass is 10.1. The van der Waals surface area contributed by atoms with E-state index in [9.17, 15) is 0 Å². The summed E-state index contributed by atoms with van der Waals surface area (Å²) in [6.45, 7) is 7.77. The highest BCUT2D eigenvalue weighted by Crippen LogP contribution is 2.17. The first-order valence-electron chi connectivity index (χ1n) is 6.49. The van der Waals surface area contributed by atoms with E-state index in [0.717, 1.165) is 26.1 Å². The first-order valence-corrected chi connectivity index (χ1v) is 6.49. The molecule has 0 spiro atoms. The molecule has 0 radical (unpaired) electrons. The molecule has 0 aromatic heterocycles. The van der Waals surface area contributed by atoms with Gasteiger partial charge < -0.3 is 15.8 Å². The standard InChI is InChI=1S/C12H26N4O/c1-4-11(8-12(13)14-17)16-7-5-6-15(3)9-10(16)2/h10-11,17H,4-9H2,1-3H3,(H2,13,14). The van der Waals surface area contributed by atoms with Crippen LogP contribution in [0.3, 0.4) is 0 Å². The predicted molar refractivity (Wildman–Crippen MR) is 70.4 cm³/mol. The number of hydrogen-bond donors (Lipinski definition) is 2. The van der Waals surface area contributed by atoms with Crippen LogP contribution in [0.1, 0.15) is 33.1 Å². The summed E-state index contributed by atoms with van der Waals surface area (Å²) in [6.07, 6.45) is 2.87. The van der Waals surface area contributed by atoms with Crippen molar-refractivity contribution in [2.24, 2.45) is 10.9 Å². The van der Waals surface area contributed by atoms with Crippen molar-refractivity contribution in [3.63, 3.8) is 0 Å². The van der Waals surface area contributed by atoms with Crippen LogP contribution in [0.25, 0.3) is 0 Å². The van der Waals surface area contributed by atoms with Crippen LogP contribution in [-0.2, 0) is 0 Å². The maximum Gasteiger partial charge on any atom is 0.140 e. The fourth-order valence-corrected chi connectivity index (χ4v) is 2.71. The molecule has 1 rings (SSSR count). The van der Waals surface area contributed by atoms with Gasteiger partial charge in [-0.05, 0) is 39.9 Å². The minimum absolute atomic E-state index is 0.335. The molecular weight excluding hydrogens is 216 g/mol. The van der Waals surface area contributed by atoms with Gasteiger partial charge in [-0.15, -0.1) is 0 Å². The quantitative estimate of drug-likeness (QED) is 0.333. The number of hydrogen-bond acceptors (Lipinski definition) is 4. The van der Waals surface area contributed by atoms with Crippen molar-refractivity contribution >= 4 is 5.84 Å². The lowest BCUT2D eigenvalue weighted by Crippen LogP contribution is -2.45. The van der Waals surface area contributed by atoms with Crippen molar-refractivity contribution < 1.29 is 5.21 Å². The Morgan fingerprint density at radius 3 is 2.82 bits per heavy atom. The molecular formula is C12H26N4O. The van der Waals surface area contributed by atoms with Gasteiger partial charge in [-0.1, -0.05) is 12.1 Å². The molecule has 5 heteroatoms. The summed E-state index contributed by atoms with van der Waals surface area (Å²) in [5.74, 6) is 0.335. The zero-order valence-corrected chi connectivity index (χ0v) is 11.3. The van der Waals surface area contributed by atoms with E-state index < -0.39 is 0 Å². The second-order valence-corrected chi connectivity index (χ2v) is 5.06. The lowest BCUT2D eigenvalue weighted by Gasteiger charge is -2.35. The highest BCUT2D eigenvalue weighted by molar-refractivity contribution is 5.80. The molecule has 1 saturated heterocycles. The van der Waals surface area contributed by atoms with Gasteiger partial charge >= 0.3 is 0 Å². The number of nitrogens with two attached hydrogens (primary N) is 1. The predicted octanol–water partition coefficient (Wildman–Crippen LogP) is 0.928. The van der Waals surface area contributed by atoms with Crippen molar-refractivity contribution in [3.05, 3.63) is 0 Å². The molecule has 0 aromatic rings. The second-order valence-electron chi connectivity index (χ2n) is 5.06. The Kier molecular flexibility index (Phi) is 5.71. The highest BCUT2D eigenvalue weighted by Gasteiger charge is 2.26. The summed E-state index contributed by atoms with van der Waals surface area (Å²) >= 11 is 0. The topological polar surface area (TPSA) is 65.1 Å². The molecule has 2 unspecified atom stereocenters. The second kappa shape index (κ2) is 6.81. The Hall–Kier alpha value is -0.810. The fourth-order valence-electron chi connectivity index (χ4n) is 2.71. The van der Waals surface area contributed by atoms with E-state index in [0.29, 0.717) is 24.3 Å². The van der Waals surface area contributed by atoms with Crippen molar-refractivity contribution in [1.82, 2.24) is 9.80 Å². The van der Waals surface area contributed by atoms with Crippen molar-refractivity contribution in [1.29, 1.82) is 0 Å². The SMILES string of the molecule is CCC(CC(N)=NO)N1CCCN(C)CC1C. The molecule has 0 bridgehead atoms. The van der Waals surface area contributed by atoms with Crippen molar-refractivity contribution in [3.8, 4) is 0 Å². The maximum absolute atomic E-state index is 8.68. The van der Waals surface area contributed by atoms with Crippen LogP contribution < -0.4 is 5.73 Å². The van der Waals surface area contributed by atoms with Crippen LogP contribution in [0.2, 0.25) is 0 Å². The third kappa shape index (κ3) is 4.16. The smallest absolute Gasteiger partial charge is 0.140 e. The molecule has 0 aromatic carbocycles. The molecule has 0 aliphatic carbocycles. The van der Waals surface area contributed by atoms with Crippen LogP contribution in [0.5, 0.6) is 0 Å². The number of likely N-dealkylation sites (N-methyl/N-ethyl adjacent to an activating group) is 1. The summed E-state index contributed by atoms with van der Waals surface area (Å²) in [5.41, 5.74) is 5.63. The normalized spacial score (nSPS) is 26.8. The zero-order chi connectivity index (χ0) is 12.8. The molecule has 3 N–H and O–H groups in total. The molecule has 1 aliphatic heterocycles. The van der Waals surface area contributed by atoms with Crippen LogP contribution >= 0.6 is 0 Å². The summed E-state index contributed by atoms with van der Waals surface area (Å²) < 4.78 is 0. The maximum atomic E-state index is 8.68. The van der Waals surface area contributed by atoms with Gasteiger partial charge in [0.25, 0.3) is 0 Å². The number of rotatable bonds is 4. The molecule has 2 atom stereocenters.